The molecule has 2 atom stereocenters. The summed E-state index contributed by atoms with van der Waals surface area (Å²) in [5, 5.41) is 3.08. The van der Waals surface area contributed by atoms with Crippen molar-refractivity contribution in [3.05, 3.63) is 65.5 Å². The van der Waals surface area contributed by atoms with E-state index < -0.39 is 10.0 Å². The lowest BCUT2D eigenvalue weighted by atomic mass is 9.94. The van der Waals surface area contributed by atoms with E-state index in [9.17, 15) is 22.4 Å². The summed E-state index contributed by atoms with van der Waals surface area (Å²) >= 11 is 0. The quantitative estimate of drug-likeness (QED) is 0.603. The fraction of sp³-hybridized carbons (Fsp3) is 0.440. The minimum atomic E-state index is -3.70. The molecule has 0 aromatic heterocycles. The van der Waals surface area contributed by atoms with Gasteiger partial charge in [0, 0.05) is 31.2 Å². The van der Waals surface area contributed by atoms with Crippen molar-refractivity contribution in [3.63, 3.8) is 0 Å². The molecule has 4 rings (SSSR count). The first-order valence-corrected chi connectivity index (χ1v) is 13.0. The van der Waals surface area contributed by atoms with Gasteiger partial charge in [0.05, 0.1) is 17.0 Å². The molecule has 1 amide bonds. The molecule has 0 unspecified atom stereocenters. The molecule has 0 aliphatic carbocycles. The summed E-state index contributed by atoms with van der Waals surface area (Å²) in [7, 11) is -3.70. The molecule has 182 valence electrons. The normalized spacial score (nSPS) is 20.7. The van der Waals surface area contributed by atoms with Gasteiger partial charge >= 0.3 is 0 Å². The molecule has 0 spiro atoms. The van der Waals surface area contributed by atoms with Crippen LogP contribution in [0.2, 0.25) is 0 Å². The van der Waals surface area contributed by atoms with E-state index >= 15 is 0 Å². The molecule has 2 saturated heterocycles. The second-order valence-corrected chi connectivity index (χ2v) is 10.8. The van der Waals surface area contributed by atoms with Crippen molar-refractivity contribution in [2.45, 2.75) is 49.6 Å². The zero-order valence-corrected chi connectivity index (χ0v) is 19.9. The number of hydrogen-bond acceptors (Lipinski definition) is 5. The average molecular weight is 489 g/mol. The minimum absolute atomic E-state index is 0.127. The van der Waals surface area contributed by atoms with Gasteiger partial charge in [0.15, 0.2) is 5.78 Å². The summed E-state index contributed by atoms with van der Waals surface area (Å²) in [6.07, 6.45) is 2.34. The third-order valence-corrected chi connectivity index (χ3v) is 8.50. The van der Waals surface area contributed by atoms with Gasteiger partial charge in [0.2, 0.25) is 15.9 Å². The number of Topliss-reactive ketones (excluding diaryl/α,β-unsaturated/α-hetero) is 1. The van der Waals surface area contributed by atoms with Gasteiger partial charge in [-0.05, 0) is 62.4 Å². The summed E-state index contributed by atoms with van der Waals surface area (Å²) in [5.74, 6) is -0.938. The number of carbonyl (C=O) groups excluding carboxylic acids is 2. The molecule has 2 aliphatic rings. The van der Waals surface area contributed by atoms with Crippen LogP contribution in [0.25, 0.3) is 0 Å². The molecular formula is C25H29FN2O5S. The summed E-state index contributed by atoms with van der Waals surface area (Å²) in [5.41, 5.74) is 1.24. The zero-order valence-electron chi connectivity index (χ0n) is 19.1. The summed E-state index contributed by atoms with van der Waals surface area (Å²) in [6, 6.07) is 11.6. The highest BCUT2D eigenvalue weighted by Crippen LogP contribution is 2.29. The summed E-state index contributed by atoms with van der Waals surface area (Å²) in [6.45, 7) is 2.52. The number of carbonyl (C=O) groups is 2. The standard InChI is InChI=1S/C25H29FN2O5S/c1-17(29)18-6-10-22(11-7-18)34(31,32)28-14-12-20(13-15-28)25(30)27-24(23-3-2-16-33-23)19-4-8-21(26)9-5-19/h4-11,20,23-24H,2-3,12-16H2,1H3,(H,27,30)/t23-,24-/m1/s1. The van der Waals surface area contributed by atoms with E-state index in [-0.39, 0.29) is 53.6 Å². The highest BCUT2D eigenvalue weighted by molar-refractivity contribution is 7.89. The number of hydrogen-bond donors (Lipinski definition) is 1. The van der Waals surface area contributed by atoms with Crippen LogP contribution in [0.3, 0.4) is 0 Å². The van der Waals surface area contributed by atoms with E-state index in [2.05, 4.69) is 5.32 Å². The van der Waals surface area contributed by atoms with E-state index in [1.807, 2.05) is 0 Å². The molecule has 7 nitrogen and oxygen atoms in total. The van der Waals surface area contributed by atoms with Crippen LogP contribution in [-0.4, -0.2) is 50.2 Å². The number of ketones is 1. The smallest absolute Gasteiger partial charge is 0.243 e. The van der Waals surface area contributed by atoms with E-state index in [1.54, 1.807) is 12.1 Å². The molecule has 2 aromatic rings. The maximum Gasteiger partial charge on any atom is 0.243 e. The van der Waals surface area contributed by atoms with Gasteiger partial charge in [-0.2, -0.15) is 4.31 Å². The van der Waals surface area contributed by atoms with Crippen molar-refractivity contribution < 1.29 is 27.1 Å². The summed E-state index contributed by atoms with van der Waals surface area (Å²) < 4.78 is 46.6. The van der Waals surface area contributed by atoms with Crippen molar-refractivity contribution in [1.82, 2.24) is 9.62 Å². The Morgan fingerprint density at radius 1 is 1.03 bits per heavy atom. The molecule has 0 bridgehead atoms. The Balaban J connectivity index is 1.40. The van der Waals surface area contributed by atoms with Crippen LogP contribution in [-0.2, 0) is 19.6 Å². The Hall–Kier alpha value is -2.62. The highest BCUT2D eigenvalue weighted by atomic mass is 32.2. The Kier molecular flexibility index (Phi) is 7.45. The number of piperidine rings is 1. The van der Waals surface area contributed by atoms with Gasteiger partial charge in [-0.1, -0.05) is 24.3 Å². The van der Waals surface area contributed by atoms with Gasteiger partial charge in [0.25, 0.3) is 0 Å². The topological polar surface area (TPSA) is 92.8 Å². The van der Waals surface area contributed by atoms with Crippen LogP contribution in [0.1, 0.15) is 54.6 Å². The van der Waals surface area contributed by atoms with Gasteiger partial charge in [-0.25, -0.2) is 12.8 Å². The molecule has 2 aliphatic heterocycles. The van der Waals surface area contributed by atoms with Crippen LogP contribution in [0.4, 0.5) is 4.39 Å². The van der Waals surface area contributed by atoms with Crippen LogP contribution in [0.5, 0.6) is 0 Å². The van der Waals surface area contributed by atoms with Gasteiger partial charge < -0.3 is 10.1 Å². The Bertz CT molecular complexity index is 1120. The number of nitrogens with zero attached hydrogens (tertiary/aromatic N) is 1. The van der Waals surface area contributed by atoms with E-state index in [1.165, 1.54) is 47.6 Å². The summed E-state index contributed by atoms with van der Waals surface area (Å²) in [4.78, 5) is 24.7. The predicted octanol–water partition coefficient (Wildman–Crippen LogP) is 3.47. The van der Waals surface area contributed by atoms with Crippen LogP contribution in [0.15, 0.2) is 53.4 Å². The molecule has 2 aromatic carbocycles. The lowest BCUT2D eigenvalue weighted by Gasteiger charge is -2.32. The van der Waals surface area contributed by atoms with Gasteiger partial charge in [-0.3, -0.25) is 9.59 Å². The van der Waals surface area contributed by atoms with E-state index in [0.29, 0.717) is 25.0 Å². The molecule has 0 radical (unpaired) electrons. The van der Waals surface area contributed by atoms with Crippen molar-refractivity contribution in [2.75, 3.05) is 19.7 Å². The van der Waals surface area contributed by atoms with Crippen molar-refractivity contribution in [1.29, 1.82) is 0 Å². The molecule has 9 heteroatoms. The molecule has 2 fully saturated rings. The lowest BCUT2D eigenvalue weighted by molar-refractivity contribution is -0.127. The van der Waals surface area contributed by atoms with E-state index in [0.717, 1.165) is 18.4 Å². The van der Waals surface area contributed by atoms with Crippen LogP contribution < -0.4 is 5.32 Å². The third kappa shape index (κ3) is 5.37. The number of nitrogens with one attached hydrogen (secondary N) is 1. The number of rotatable bonds is 7. The lowest BCUT2D eigenvalue weighted by Crippen LogP contribution is -2.45. The highest BCUT2D eigenvalue weighted by Gasteiger charge is 2.35. The Labute approximate surface area is 199 Å². The fourth-order valence-electron chi connectivity index (χ4n) is 4.57. The molecular weight excluding hydrogens is 459 g/mol. The van der Waals surface area contributed by atoms with Crippen LogP contribution in [0, 0.1) is 11.7 Å². The first kappa shape index (κ1) is 24.5. The predicted molar refractivity (Wildman–Crippen MR) is 124 cm³/mol. The molecule has 2 heterocycles. The maximum absolute atomic E-state index is 13.4. The first-order valence-electron chi connectivity index (χ1n) is 11.5. The fourth-order valence-corrected chi connectivity index (χ4v) is 6.04. The largest absolute Gasteiger partial charge is 0.376 e. The van der Waals surface area contributed by atoms with Crippen molar-refractivity contribution in [2.24, 2.45) is 5.92 Å². The Morgan fingerprint density at radius 2 is 1.68 bits per heavy atom. The monoisotopic (exact) mass is 488 g/mol. The minimum Gasteiger partial charge on any atom is -0.376 e. The zero-order chi connectivity index (χ0) is 24.3. The average Bonchev–Trinajstić information content (AvgIpc) is 3.38. The SMILES string of the molecule is CC(=O)c1ccc(S(=O)(=O)N2CCC(C(=O)N[C@H](c3ccc(F)cc3)[C@H]3CCCO3)CC2)cc1. The maximum atomic E-state index is 13.4. The van der Waals surface area contributed by atoms with Crippen molar-refractivity contribution >= 4 is 21.7 Å². The van der Waals surface area contributed by atoms with E-state index in [4.69, 9.17) is 4.74 Å². The first-order chi connectivity index (χ1) is 16.3. The second kappa shape index (κ2) is 10.3. The van der Waals surface area contributed by atoms with Crippen LogP contribution >= 0.6 is 0 Å². The molecule has 0 saturated carbocycles. The van der Waals surface area contributed by atoms with Crippen molar-refractivity contribution in [3.8, 4) is 0 Å². The number of ether oxygens (including phenoxy) is 1. The molecule has 1 N–H and O–H groups in total. The van der Waals surface area contributed by atoms with Gasteiger partial charge in [-0.15, -0.1) is 0 Å². The number of sulfonamides is 1. The second-order valence-electron chi connectivity index (χ2n) is 8.85. The number of amides is 1. The molecule has 34 heavy (non-hydrogen) atoms. The Morgan fingerprint density at radius 3 is 2.24 bits per heavy atom. The van der Waals surface area contributed by atoms with Gasteiger partial charge in [0.1, 0.15) is 5.82 Å². The third-order valence-electron chi connectivity index (χ3n) is 6.59. The number of halogens is 1. The number of benzene rings is 2.